The molecule has 1 aliphatic heterocycles. The molecule has 0 amide bonds. The molecular weight excluding hydrogens is 442 g/mol. The zero-order valence-electron chi connectivity index (χ0n) is 19.0. The van der Waals surface area contributed by atoms with Crippen LogP contribution in [0.3, 0.4) is 0 Å². The van der Waals surface area contributed by atoms with Gasteiger partial charge in [-0.2, -0.15) is 10.6 Å². The van der Waals surface area contributed by atoms with Crippen LogP contribution in [0.2, 0.25) is 0 Å². The molecule has 3 N–H and O–H groups in total. The normalized spacial score (nSPS) is 15.3. The van der Waals surface area contributed by atoms with Gasteiger partial charge in [-0.1, -0.05) is 12.1 Å². The van der Waals surface area contributed by atoms with E-state index in [9.17, 15) is 13.9 Å². The number of nitrogens with one attached hydrogen (secondary N) is 1. The first-order valence-electron chi connectivity index (χ1n) is 11.1. The molecule has 0 bridgehead atoms. The predicted octanol–water partition coefficient (Wildman–Crippen LogP) is 3.26. The fourth-order valence-corrected chi connectivity index (χ4v) is 5.31. The molecule has 2 aromatic heterocycles. The van der Waals surface area contributed by atoms with Gasteiger partial charge >= 0.3 is 0 Å². The van der Waals surface area contributed by atoms with E-state index in [4.69, 9.17) is 4.74 Å². The zero-order chi connectivity index (χ0) is 23.4. The molecule has 0 unspecified atom stereocenters. The van der Waals surface area contributed by atoms with Crippen molar-refractivity contribution in [2.45, 2.75) is 17.7 Å². The topological polar surface area (TPSA) is 113 Å². The third-order valence-electron chi connectivity index (χ3n) is 5.92. The summed E-state index contributed by atoms with van der Waals surface area (Å²) in [5, 5.41) is 3.60. The van der Waals surface area contributed by atoms with E-state index in [-0.39, 0.29) is 5.56 Å². The van der Waals surface area contributed by atoms with Crippen molar-refractivity contribution in [2.75, 3.05) is 51.0 Å². The SMILES string of the molecule is COCCNc1nc(-c2ccc(S(O)(O)CCN3CCCC3)cc2)cc2ncn(C)c(=O)c12. The van der Waals surface area contributed by atoms with Gasteiger partial charge in [0.25, 0.3) is 5.56 Å². The van der Waals surface area contributed by atoms with Crippen LogP contribution in [0.25, 0.3) is 22.2 Å². The first kappa shape index (κ1) is 23.7. The van der Waals surface area contributed by atoms with Gasteiger partial charge in [-0.15, -0.1) is 0 Å². The summed E-state index contributed by atoms with van der Waals surface area (Å²) in [7, 11) is 0.408. The second kappa shape index (κ2) is 10.2. The van der Waals surface area contributed by atoms with E-state index in [0.29, 0.717) is 52.8 Å². The molecule has 9 nitrogen and oxygen atoms in total. The molecule has 1 saturated heterocycles. The molecule has 0 aliphatic carbocycles. The average Bonchev–Trinajstić information content (AvgIpc) is 3.34. The maximum atomic E-state index is 12.7. The highest BCUT2D eigenvalue weighted by atomic mass is 32.3. The fourth-order valence-electron chi connectivity index (χ4n) is 3.99. The maximum Gasteiger partial charge on any atom is 0.264 e. The van der Waals surface area contributed by atoms with Crippen molar-refractivity contribution in [1.29, 1.82) is 0 Å². The van der Waals surface area contributed by atoms with Gasteiger partial charge < -0.3 is 19.5 Å². The van der Waals surface area contributed by atoms with Crippen LogP contribution in [0.15, 0.2) is 46.3 Å². The molecule has 1 aromatic carbocycles. The molecule has 0 atom stereocenters. The molecule has 0 saturated carbocycles. The summed E-state index contributed by atoms with van der Waals surface area (Å²) < 4.78 is 27.9. The largest absolute Gasteiger partial charge is 0.383 e. The smallest absolute Gasteiger partial charge is 0.264 e. The summed E-state index contributed by atoms with van der Waals surface area (Å²) in [5.74, 6) is 0.786. The maximum absolute atomic E-state index is 12.7. The second-order valence-electron chi connectivity index (χ2n) is 8.27. The predicted molar refractivity (Wildman–Crippen MR) is 132 cm³/mol. The number of pyridine rings is 1. The summed E-state index contributed by atoms with van der Waals surface area (Å²) in [6.45, 7) is 3.71. The van der Waals surface area contributed by atoms with E-state index in [1.54, 1.807) is 32.4 Å². The van der Waals surface area contributed by atoms with Gasteiger partial charge in [0.1, 0.15) is 11.2 Å². The number of rotatable bonds is 9. The summed E-state index contributed by atoms with van der Waals surface area (Å²) in [6, 6.07) is 8.92. The molecule has 1 fully saturated rings. The lowest BCUT2D eigenvalue weighted by atomic mass is 10.1. The van der Waals surface area contributed by atoms with E-state index in [1.807, 2.05) is 12.1 Å². The number of aromatic nitrogens is 3. The number of nitrogens with zero attached hydrogens (tertiary/aromatic N) is 4. The number of aryl methyl sites for hydroxylation is 1. The Morgan fingerprint density at radius 3 is 2.61 bits per heavy atom. The number of hydrogen-bond donors (Lipinski definition) is 3. The van der Waals surface area contributed by atoms with Crippen LogP contribution < -0.4 is 10.9 Å². The van der Waals surface area contributed by atoms with Crippen LogP contribution in [-0.4, -0.2) is 74.2 Å². The van der Waals surface area contributed by atoms with Crippen molar-refractivity contribution in [2.24, 2.45) is 7.05 Å². The van der Waals surface area contributed by atoms with Gasteiger partial charge in [0.05, 0.1) is 34.8 Å². The zero-order valence-corrected chi connectivity index (χ0v) is 19.8. The molecule has 0 spiro atoms. The van der Waals surface area contributed by atoms with Gasteiger partial charge in [0.2, 0.25) is 0 Å². The first-order valence-corrected chi connectivity index (χ1v) is 12.8. The van der Waals surface area contributed by atoms with Crippen molar-refractivity contribution in [3.05, 3.63) is 47.0 Å². The number of benzene rings is 1. The van der Waals surface area contributed by atoms with Gasteiger partial charge in [0.15, 0.2) is 0 Å². The van der Waals surface area contributed by atoms with Gasteiger partial charge in [-0.05, 0) is 44.1 Å². The highest BCUT2D eigenvalue weighted by Gasteiger charge is 2.20. The lowest BCUT2D eigenvalue weighted by molar-refractivity contribution is 0.210. The van der Waals surface area contributed by atoms with E-state index >= 15 is 0 Å². The van der Waals surface area contributed by atoms with Crippen molar-refractivity contribution >= 4 is 27.3 Å². The van der Waals surface area contributed by atoms with Crippen LogP contribution in [0.5, 0.6) is 0 Å². The van der Waals surface area contributed by atoms with Crippen LogP contribution in [0, 0.1) is 0 Å². The number of likely N-dealkylation sites (tertiary alicyclic amines) is 1. The van der Waals surface area contributed by atoms with Gasteiger partial charge in [-0.25, -0.2) is 9.97 Å². The Balaban J connectivity index is 1.61. The number of ether oxygens (including phenoxy) is 1. The monoisotopic (exact) mass is 473 g/mol. The van der Waals surface area contributed by atoms with Crippen LogP contribution >= 0.6 is 10.6 Å². The Labute approximate surface area is 194 Å². The Morgan fingerprint density at radius 2 is 1.91 bits per heavy atom. The van der Waals surface area contributed by atoms with Crippen LogP contribution in [0.4, 0.5) is 5.82 Å². The molecule has 3 aromatic rings. The van der Waals surface area contributed by atoms with E-state index in [2.05, 4.69) is 20.2 Å². The van der Waals surface area contributed by atoms with Crippen LogP contribution in [-0.2, 0) is 11.8 Å². The third kappa shape index (κ3) is 5.36. The minimum absolute atomic E-state index is 0.179. The summed E-state index contributed by atoms with van der Waals surface area (Å²) in [4.78, 5) is 24.6. The Morgan fingerprint density at radius 1 is 1.18 bits per heavy atom. The van der Waals surface area contributed by atoms with Crippen molar-refractivity contribution in [3.8, 4) is 11.3 Å². The van der Waals surface area contributed by atoms with Gasteiger partial charge in [0, 0.05) is 32.8 Å². The number of fused-ring (bicyclic) bond motifs is 1. The minimum Gasteiger partial charge on any atom is -0.383 e. The van der Waals surface area contributed by atoms with E-state index in [0.717, 1.165) is 18.7 Å². The molecule has 0 radical (unpaired) electrons. The standard InChI is InChI=1S/C23H31N5O4S/c1-27-16-25-20-15-19(26-22(21(20)23(27)29)24-9-13-32-2)17-5-7-18(8-6-17)33(30,31)14-12-28-10-3-4-11-28/h5-8,15-16,30-31H,3-4,9-14H2,1-2H3,(H,24,26). The highest BCUT2D eigenvalue weighted by molar-refractivity contribution is 8.24. The Hall–Kier alpha value is -2.50. The molecular formula is C23H31N5O4S. The Bertz CT molecular complexity index is 1160. The Kier molecular flexibility index (Phi) is 7.30. The molecule has 3 heterocycles. The van der Waals surface area contributed by atoms with E-state index in [1.165, 1.54) is 23.7 Å². The van der Waals surface area contributed by atoms with Crippen molar-refractivity contribution in [3.63, 3.8) is 0 Å². The summed E-state index contributed by atoms with van der Waals surface area (Å²) in [5.41, 5.74) is 1.80. The highest BCUT2D eigenvalue weighted by Crippen LogP contribution is 2.48. The average molecular weight is 474 g/mol. The lowest BCUT2D eigenvalue weighted by Crippen LogP contribution is -2.25. The molecule has 10 heteroatoms. The first-order chi connectivity index (χ1) is 15.9. The number of hydrogen-bond acceptors (Lipinski definition) is 8. The lowest BCUT2D eigenvalue weighted by Gasteiger charge is -2.34. The number of anilines is 1. The summed E-state index contributed by atoms with van der Waals surface area (Å²) in [6.07, 6.45) is 3.85. The van der Waals surface area contributed by atoms with E-state index < -0.39 is 10.6 Å². The van der Waals surface area contributed by atoms with Crippen molar-refractivity contribution in [1.82, 2.24) is 19.4 Å². The summed E-state index contributed by atoms with van der Waals surface area (Å²) >= 11 is 0. The molecule has 178 valence electrons. The third-order valence-corrected chi connectivity index (χ3v) is 7.70. The molecule has 4 rings (SSSR count). The van der Waals surface area contributed by atoms with Crippen LogP contribution in [0.1, 0.15) is 12.8 Å². The molecule has 33 heavy (non-hydrogen) atoms. The second-order valence-corrected chi connectivity index (χ2v) is 10.5. The number of methoxy groups -OCH3 is 1. The van der Waals surface area contributed by atoms with Crippen molar-refractivity contribution < 1.29 is 13.8 Å². The van der Waals surface area contributed by atoms with Gasteiger partial charge in [-0.3, -0.25) is 13.9 Å². The molecule has 1 aliphatic rings. The quantitative estimate of drug-likeness (QED) is 0.406. The minimum atomic E-state index is -2.86. The fraction of sp³-hybridized carbons (Fsp3) is 0.435.